The maximum Gasteiger partial charge on any atom is 0.337 e. The first kappa shape index (κ1) is 19.3. The molecule has 1 aliphatic rings. The summed E-state index contributed by atoms with van der Waals surface area (Å²) in [5.74, 6) is -1.65. The largest absolute Gasteiger partial charge is 0.465 e. The topological polar surface area (TPSA) is 92.8 Å². The van der Waals surface area contributed by atoms with Gasteiger partial charge in [0.1, 0.15) is 0 Å². The zero-order valence-corrected chi connectivity index (χ0v) is 15.9. The number of fused-ring (bicyclic) bond motifs is 1. The van der Waals surface area contributed by atoms with Crippen molar-refractivity contribution in [2.24, 2.45) is 0 Å². The van der Waals surface area contributed by atoms with Gasteiger partial charge in [-0.3, -0.25) is 19.3 Å². The number of carbonyl (C=O) groups is 4. The standard InChI is InChI=1S/C21H20N2O5/c1-12-4-7-15-16(10-12)20(26)23(19(15)25)9-8-18(24)22-17-11-14(21(27)28-3)6-5-13(17)2/h4-7,10-11H,8-9H2,1-3H3,(H,22,24). The van der Waals surface area contributed by atoms with Gasteiger partial charge in [0.15, 0.2) is 0 Å². The van der Waals surface area contributed by atoms with Crippen molar-refractivity contribution in [3.63, 3.8) is 0 Å². The van der Waals surface area contributed by atoms with Crippen LogP contribution in [0.1, 0.15) is 48.6 Å². The second-order valence-electron chi connectivity index (χ2n) is 6.63. The number of amides is 3. The summed E-state index contributed by atoms with van der Waals surface area (Å²) < 4.78 is 4.68. The number of aryl methyl sites for hydroxylation is 2. The monoisotopic (exact) mass is 380 g/mol. The highest BCUT2D eigenvalue weighted by Crippen LogP contribution is 2.24. The Labute approximate surface area is 162 Å². The molecule has 2 aromatic carbocycles. The molecule has 0 unspecified atom stereocenters. The van der Waals surface area contributed by atoms with E-state index in [4.69, 9.17) is 0 Å². The smallest absolute Gasteiger partial charge is 0.337 e. The molecule has 2 aromatic rings. The molecule has 0 saturated heterocycles. The summed E-state index contributed by atoms with van der Waals surface area (Å²) in [6, 6.07) is 9.93. The number of anilines is 1. The lowest BCUT2D eigenvalue weighted by Crippen LogP contribution is -2.33. The molecule has 3 rings (SSSR count). The molecule has 144 valence electrons. The van der Waals surface area contributed by atoms with Crippen LogP contribution in [-0.4, -0.2) is 42.2 Å². The number of esters is 1. The summed E-state index contributed by atoms with van der Waals surface area (Å²) in [5, 5.41) is 2.72. The maximum absolute atomic E-state index is 12.5. The van der Waals surface area contributed by atoms with Crippen molar-refractivity contribution in [3.05, 3.63) is 64.2 Å². The van der Waals surface area contributed by atoms with E-state index >= 15 is 0 Å². The number of nitrogens with zero attached hydrogens (tertiary/aromatic N) is 1. The summed E-state index contributed by atoms with van der Waals surface area (Å²) in [5.41, 5.74) is 3.19. The van der Waals surface area contributed by atoms with Gasteiger partial charge in [-0.2, -0.15) is 0 Å². The lowest BCUT2D eigenvalue weighted by molar-refractivity contribution is -0.116. The van der Waals surface area contributed by atoms with Crippen molar-refractivity contribution >= 4 is 29.4 Å². The van der Waals surface area contributed by atoms with E-state index in [1.807, 2.05) is 6.92 Å². The van der Waals surface area contributed by atoms with Gasteiger partial charge in [0.2, 0.25) is 5.91 Å². The molecule has 0 radical (unpaired) electrons. The van der Waals surface area contributed by atoms with E-state index in [9.17, 15) is 19.2 Å². The lowest BCUT2D eigenvalue weighted by atomic mass is 10.1. The van der Waals surface area contributed by atoms with Gasteiger partial charge in [0, 0.05) is 18.7 Å². The van der Waals surface area contributed by atoms with E-state index < -0.39 is 11.9 Å². The van der Waals surface area contributed by atoms with E-state index in [-0.39, 0.29) is 24.8 Å². The van der Waals surface area contributed by atoms with Gasteiger partial charge in [-0.25, -0.2) is 4.79 Å². The van der Waals surface area contributed by atoms with Gasteiger partial charge in [-0.05, 0) is 43.7 Å². The number of methoxy groups -OCH3 is 1. The average Bonchev–Trinajstić information content (AvgIpc) is 2.91. The third-order valence-corrected chi connectivity index (χ3v) is 4.62. The fourth-order valence-corrected chi connectivity index (χ4v) is 3.04. The number of rotatable bonds is 5. The fourth-order valence-electron chi connectivity index (χ4n) is 3.04. The van der Waals surface area contributed by atoms with Gasteiger partial charge in [-0.1, -0.05) is 17.7 Å². The number of benzene rings is 2. The molecular formula is C21H20N2O5. The highest BCUT2D eigenvalue weighted by Gasteiger charge is 2.35. The van der Waals surface area contributed by atoms with Gasteiger partial charge >= 0.3 is 5.97 Å². The molecule has 7 heteroatoms. The van der Waals surface area contributed by atoms with Crippen LogP contribution in [0.25, 0.3) is 0 Å². The Balaban J connectivity index is 1.66. The molecule has 1 heterocycles. The minimum Gasteiger partial charge on any atom is -0.465 e. The number of hydrogen-bond donors (Lipinski definition) is 1. The SMILES string of the molecule is COC(=O)c1ccc(C)c(NC(=O)CCN2C(=O)c3ccc(C)cc3C2=O)c1. The molecule has 0 aromatic heterocycles. The average molecular weight is 380 g/mol. The van der Waals surface area contributed by atoms with E-state index in [2.05, 4.69) is 10.1 Å². The van der Waals surface area contributed by atoms with Crippen LogP contribution in [0, 0.1) is 13.8 Å². The number of nitrogens with one attached hydrogen (secondary N) is 1. The van der Waals surface area contributed by atoms with Crippen LogP contribution in [0.15, 0.2) is 36.4 Å². The van der Waals surface area contributed by atoms with Crippen molar-refractivity contribution in [2.75, 3.05) is 19.0 Å². The Hall–Kier alpha value is -3.48. The maximum atomic E-state index is 12.5. The van der Waals surface area contributed by atoms with E-state index in [1.54, 1.807) is 37.3 Å². The van der Waals surface area contributed by atoms with Crippen molar-refractivity contribution in [3.8, 4) is 0 Å². The van der Waals surface area contributed by atoms with E-state index in [0.29, 0.717) is 22.4 Å². The van der Waals surface area contributed by atoms with Crippen molar-refractivity contribution < 1.29 is 23.9 Å². The number of imide groups is 1. The Morgan fingerprint density at radius 1 is 1.00 bits per heavy atom. The van der Waals surface area contributed by atoms with Crippen LogP contribution >= 0.6 is 0 Å². The van der Waals surface area contributed by atoms with Crippen molar-refractivity contribution in [1.29, 1.82) is 0 Å². The van der Waals surface area contributed by atoms with Gasteiger partial charge < -0.3 is 10.1 Å². The molecule has 0 fully saturated rings. The number of ether oxygens (including phenoxy) is 1. The molecule has 7 nitrogen and oxygen atoms in total. The molecule has 1 aliphatic heterocycles. The predicted octanol–water partition coefficient (Wildman–Crippen LogP) is 2.71. The van der Waals surface area contributed by atoms with E-state index in [1.165, 1.54) is 13.2 Å². The van der Waals surface area contributed by atoms with Crippen LogP contribution in [0.4, 0.5) is 5.69 Å². The molecule has 0 aliphatic carbocycles. The van der Waals surface area contributed by atoms with Gasteiger partial charge in [-0.15, -0.1) is 0 Å². The van der Waals surface area contributed by atoms with E-state index in [0.717, 1.165) is 16.0 Å². The van der Waals surface area contributed by atoms with Crippen molar-refractivity contribution in [1.82, 2.24) is 4.90 Å². The predicted molar refractivity (Wildman–Crippen MR) is 102 cm³/mol. The summed E-state index contributed by atoms with van der Waals surface area (Å²) in [6.45, 7) is 3.62. The Morgan fingerprint density at radius 3 is 2.43 bits per heavy atom. The minimum absolute atomic E-state index is 0.0209. The third kappa shape index (κ3) is 3.64. The summed E-state index contributed by atoms with van der Waals surface area (Å²) in [6.07, 6.45) is -0.0493. The van der Waals surface area contributed by atoms with Crippen LogP contribution < -0.4 is 5.32 Å². The first-order chi connectivity index (χ1) is 13.3. The van der Waals surface area contributed by atoms with Crippen LogP contribution in [0.2, 0.25) is 0 Å². The molecular weight excluding hydrogens is 360 g/mol. The lowest BCUT2D eigenvalue weighted by Gasteiger charge is -2.14. The molecule has 0 atom stereocenters. The van der Waals surface area contributed by atoms with Gasteiger partial charge in [0.25, 0.3) is 11.8 Å². The molecule has 28 heavy (non-hydrogen) atoms. The molecule has 0 saturated carbocycles. The fraction of sp³-hybridized carbons (Fsp3) is 0.238. The van der Waals surface area contributed by atoms with Crippen LogP contribution in [0.5, 0.6) is 0 Å². The summed E-state index contributed by atoms with van der Waals surface area (Å²) in [4.78, 5) is 49.9. The molecule has 1 N–H and O–H groups in total. The van der Waals surface area contributed by atoms with Crippen LogP contribution in [-0.2, 0) is 9.53 Å². The summed E-state index contributed by atoms with van der Waals surface area (Å²) >= 11 is 0. The highest BCUT2D eigenvalue weighted by molar-refractivity contribution is 6.21. The molecule has 0 bridgehead atoms. The highest BCUT2D eigenvalue weighted by atomic mass is 16.5. The first-order valence-corrected chi connectivity index (χ1v) is 8.77. The number of carbonyl (C=O) groups excluding carboxylic acids is 4. The molecule has 0 spiro atoms. The van der Waals surface area contributed by atoms with Crippen LogP contribution in [0.3, 0.4) is 0 Å². The quantitative estimate of drug-likeness (QED) is 0.636. The summed E-state index contributed by atoms with van der Waals surface area (Å²) in [7, 11) is 1.28. The third-order valence-electron chi connectivity index (χ3n) is 4.62. The zero-order chi connectivity index (χ0) is 20.4. The van der Waals surface area contributed by atoms with Crippen molar-refractivity contribution in [2.45, 2.75) is 20.3 Å². The second-order valence-corrected chi connectivity index (χ2v) is 6.63. The second kappa shape index (κ2) is 7.64. The Morgan fingerprint density at radius 2 is 1.71 bits per heavy atom. The molecule has 3 amide bonds. The normalized spacial score (nSPS) is 12.8. The Bertz CT molecular complexity index is 996. The Kier molecular flexibility index (Phi) is 5.26. The minimum atomic E-state index is -0.503. The van der Waals surface area contributed by atoms with Gasteiger partial charge in [0.05, 0.1) is 23.8 Å². The first-order valence-electron chi connectivity index (χ1n) is 8.77. The number of hydrogen-bond acceptors (Lipinski definition) is 5. The zero-order valence-electron chi connectivity index (χ0n) is 15.9.